The van der Waals surface area contributed by atoms with Crippen molar-refractivity contribution in [3.63, 3.8) is 0 Å². The summed E-state index contributed by atoms with van der Waals surface area (Å²) in [6.45, 7) is 4.92. The summed E-state index contributed by atoms with van der Waals surface area (Å²) in [6.07, 6.45) is 7.68. The van der Waals surface area contributed by atoms with Crippen LogP contribution in [0.25, 0.3) is 6.20 Å². The number of morpholine rings is 1. The summed E-state index contributed by atoms with van der Waals surface area (Å²) in [5.74, 6) is 2.25. The SMILES string of the molecule is COc1cc(Nc2nc3n(n2)C=CN(c2cnn(C)c2)C3)ccc1CN1CCOCC1. The zero-order chi connectivity index (χ0) is 21.2. The lowest BCUT2D eigenvalue weighted by molar-refractivity contribution is 0.0339. The third kappa shape index (κ3) is 4.25. The Hall–Kier alpha value is -3.37. The first-order valence-corrected chi connectivity index (χ1v) is 10.3. The molecule has 5 rings (SSSR count). The quantitative estimate of drug-likeness (QED) is 0.646. The molecule has 0 unspecified atom stereocenters. The van der Waals surface area contributed by atoms with Crippen molar-refractivity contribution in [1.82, 2.24) is 29.4 Å². The van der Waals surface area contributed by atoms with Gasteiger partial charge >= 0.3 is 0 Å². The molecule has 31 heavy (non-hydrogen) atoms. The number of aryl methyl sites for hydroxylation is 1. The van der Waals surface area contributed by atoms with Gasteiger partial charge in [0.25, 0.3) is 0 Å². The van der Waals surface area contributed by atoms with Crippen LogP contribution in [0, 0.1) is 0 Å². The average molecular weight is 422 g/mol. The van der Waals surface area contributed by atoms with Crippen LogP contribution in [-0.4, -0.2) is 62.9 Å². The maximum atomic E-state index is 5.64. The fourth-order valence-electron chi connectivity index (χ4n) is 3.80. The van der Waals surface area contributed by atoms with Crippen molar-refractivity contribution in [2.45, 2.75) is 13.1 Å². The molecule has 2 aliphatic rings. The predicted octanol–water partition coefficient (Wildman–Crippen LogP) is 2.04. The standard InChI is InChI=1S/C21H26N8O2/c1-26-14-18(12-22-26)28-5-6-29-20(15-28)24-21(25-29)23-17-4-3-16(19(11-17)30-2)13-27-7-9-31-10-8-27/h3-6,11-12,14H,7-10,13,15H2,1-2H3,(H,23,25). The predicted molar refractivity (Wildman–Crippen MR) is 117 cm³/mol. The second-order valence-electron chi connectivity index (χ2n) is 7.63. The van der Waals surface area contributed by atoms with E-state index in [-0.39, 0.29) is 0 Å². The van der Waals surface area contributed by atoms with Crippen LogP contribution in [0.4, 0.5) is 17.3 Å². The van der Waals surface area contributed by atoms with Crippen LogP contribution < -0.4 is 15.0 Å². The molecule has 0 radical (unpaired) electrons. The molecule has 0 saturated carbocycles. The maximum absolute atomic E-state index is 5.64. The summed E-state index contributed by atoms with van der Waals surface area (Å²) in [7, 11) is 3.61. The Kier molecular flexibility index (Phi) is 5.31. The smallest absolute Gasteiger partial charge is 0.247 e. The summed E-state index contributed by atoms with van der Waals surface area (Å²) in [6, 6.07) is 6.13. The van der Waals surface area contributed by atoms with E-state index < -0.39 is 0 Å². The Morgan fingerprint density at radius 3 is 2.84 bits per heavy atom. The average Bonchev–Trinajstić information content (AvgIpc) is 3.40. The normalized spacial score (nSPS) is 16.4. The third-order valence-electron chi connectivity index (χ3n) is 5.47. The Balaban J connectivity index is 1.28. The number of ether oxygens (including phenoxy) is 2. The fourth-order valence-corrected chi connectivity index (χ4v) is 3.80. The maximum Gasteiger partial charge on any atom is 0.247 e. The van der Waals surface area contributed by atoms with Gasteiger partial charge in [0.15, 0.2) is 5.82 Å². The number of fused-ring (bicyclic) bond motifs is 1. The zero-order valence-electron chi connectivity index (χ0n) is 17.7. The summed E-state index contributed by atoms with van der Waals surface area (Å²) in [4.78, 5) is 9.12. The molecule has 0 bridgehead atoms. The van der Waals surface area contributed by atoms with Gasteiger partial charge in [0.1, 0.15) is 5.75 Å². The molecule has 0 atom stereocenters. The second kappa shape index (κ2) is 8.40. The van der Waals surface area contributed by atoms with E-state index >= 15 is 0 Å². The molecule has 0 aliphatic carbocycles. The van der Waals surface area contributed by atoms with Gasteiger partial charge in [-0.3, -0.25) is 9.58 Å². The van der Waals surface area contributed by atoms with Crippen LogP contribution in [0.1, 0.15) is 11.4 Å². The van der Waals surface area contributed by atoms with E-state index in [0.717, 1.165) is 61.4 Å². The van der Waals surface area contributed by atoms with E-state index in [1.807, 2.05) is 44.0 Å². The van der Waals surface area contributed by atoms with Crippen LogP contribution >= 0.6 is 0 Å². The van der Waals surface area contributed by atoms with Crippen LogP contribution in [-0.2, 0) is 24.9 Å². The van der Waals surface area contributed by atoms with Crippen LogP contribution in [0.3, 0.4) is 0 Å². The molecule has 1 saturated heterocycles. The van der Waals surface area contributed by atoms with Crippen molar-refractivity contribution < 1.29 is 9.47 Å². The monoisotopic (exact) mass is 422 g/mol. The minimum atomic E-state index is 0.552. The Labute approximate surface area is 180 Å². The van der Waals surface area contributed by atoms with Crippen molar-refractivity contribution in [2.75, 3.05) is 43.6 Å². The molecular formula is C21H26N8O2. The van der Waals surface area contributed by atoms with E-state index in [4.69, 9.17) is 9.47 Å². The number of benzene rings is 1. The van der Waals surface area contributed by atoms with Crippen molar-refractivity contribution in [3.05, 3.63) is 48.2 Å². The lowest BCUT2D eigenvalue weighted by Gasteiger charge is -2.27. The van der Waals surface area contributed by atoms with Gasteiger partial charge in [0.05, 0.1) is 38.8 Å². The molecule has 4 heterocycles. The molecule has 2 aromatic heterocycles. The molecule has 0 amide bonds. The van der Waals surface area contributed by atoms with Crippen molar-refractivity contribution in [3.8, 4) is 5.75 Å². The van der Waals surface area contributed by atoms with Gasteiger partial charge in [0.2, 0.25) is 5.95 Å². The number of aromatic nitrogens is 5. The lowest BCUT2D eigenvalue weighted by atomic mass is 10.1. The van der Waals surface area contributed by atoms with Gasteiger partial charge in [-0.15, -0.1) is 5.10 Å². The van der Waals surface area contributed by atoms with Gasteiger partial charge in [-0.05, 0) is 6.07 Å². The van der Waals surface area contributed by atoms with E-state index in [9.17, 15) is 0 Å². The van der Waals surface area contributed by atoms with Crippen molar-refractivity contribution in [2.24, 2.45) is 7.05 Å². The summed E-state index contributed by atoms with van der Waals surface area (Å²) >= 11 is 0. The van der Waals surface area contributed by atoms with Gasteiger partial charge < -0.3 is 19.7 Å². The molecule has 3 aromatic rings. The van der Waals surface area contributed by atoms with Crippen LogP contribution in [0.5, 0.6) is 5.75 Å². The molecular weight excluding hydrogens is 396 g/mol. The zero-order valence-corrected chi connectivity index (χ0v) is 17.7. The minimum absolute atomic E-state index is 0.552. The van der Waals surface area contributed by atoms with E-state index in [2.05, 4.69) is 36.4 Å². The van der Waals surface area contributed by atoms with Crippen LogP contribution in [0.2, 0.25) is 0 Å². The molecule has 10 nitrogen and oxygen atoms in total. The highest BCUT2D eigenvalue weighted by atomic mass is 16.5. The Morgan fingerprint density at radius 1 is 1.19 bits per heavy atom. The highest BCUT2D eigenvalue weighted by Gasteiger charge is 2.18. The first-order valence-electron chi connectivity index (χ1n) is 10.3. The number of nitrogens with zero attached hydrogens (tertiary/aromatic N) is 7. The van der Waals surface area contributed by atoms with Gasteiger partial charge in [-0.1, -0.05) is 6.07 Å². The molecule has 1 aromatic carbocycles. The number of methoxy groups -OCH3 is 1. The molecule has 0 spiro atoms. The lowest BCUT2D eigenvalue weighted by Crippen LogP contribution is -2.35. The van der Waals surface area contributed by atoms with E-state index in [1.165, 1.54) is 0 Å². The molecule has 2 aliphatic heterocycles. The summed E-state index contributed by atoms with van der Waals surface area (Å²) in [5, 5.41) is 12.1. The number of nitrogens with one attached hydrogen (secondary N) is 1. The van der Waals surface area contributed by atoms with E-state index in [1.54, 1.807) is 16.5 Å². The molecule has 162 valence electrons. The van der Waals surface area contributed by atoms with Gasteiger partial charge in [-0.25, -0.2) is 4.68 Å². The van der Waals surface area contributed by atoms with Gasteiger partial charge in [0, 0.05) is 62.6 Å². The number of hydrogen-bond donors (Lipinski definition) is 1. The Morgan fingerprint density at radius 2 is 2.06 bits per heavy atom. The molecule has 10 heteroatoms. The van der Waals surface area contributed by atoms with Gasteiger partial charge in [-0.2, -0.15) is 10.1 Å². The Bertz CT molecular complexity index is 1080. The number of anilines is 3. The highest BCUT2D eigenvalue weighted by molar-refractivity contribution is 5.59. The van der Waals surface area contributed by atoms with Crippen molar-refractivity contribution in [1.29, 1.82) is 0 Å². The summed E-state index contributed by atoms with van der Waals surface area (Å²) < 4.78 is 14.7. The third-order valence-corrected chi connectivity index (χ3v) is 5.47. The first kappa shape index (κ1) is 19.6. The molecule has 1 N–H and O–H groups in total. The van der Waals surface area contributed by atoms with Crippen LogP contribution in [0.15, 0.2) is 36.8 Å². The first-order chi connectivity index (χ1) is 15.2. The topological polar surface area (TPSA) is 85.5 Å². The minimum Gasteiger partial charge on any atom is -0.496 e. The van der Waals surface area contributed by atoms with Crippen molar-refractivity contribution >= 4 is 23.5 Å². The summed E-state index contributed by atoms with van der Waals surface area (Å²) in [5.41, 5.74) is 3.06. The van der Waals surface area contributed by atoms with E-state index in [0.29, 0.717) is 12.5 Å². The highest BCUT2D eigenvalue weighted by Crippen LogP contribution is 2.27. The molecule has 1 fully saturated rings. The number of hydrogen-bond acceptors (Lipinski definition) is 8. The second-order valence-corrected chi connectivity index (χ2v) is 7.63. The largest absolute Gasteiger partial charge is 0.496 e. The fraction of sp³-hybridized carbons (Fsp3) is 0.381. The number of rotatable bonds is 6.